The van der Waals surface area contributed by atoms with Crippen LogP contribution in [0.15, 0.2) is 54.0 Å². The van der Waals surface area contributed by atoms with Crippen molar-refractivity contribution in [3.63, 3.8) is 0 Å². The number of rotatable bonds is 5. The molecule has 2 fully saturated rings. The lowest BCUT2D eigenvalue weighted by Gasteiger charge is -2.43. The van der Waals surface area contributed by atoms with Crippen LogP contribution in [0.2, 0.25) is 0 Å². The van der Waals surface area contributed by atoms with Gasteiger partial charge in [-0.3, -0.25) is 14.5 Å². The van der Waals surface area contributed by atoms with Crippen molar-refractivity contribution >= 4 is 34.8 Å². The zero-order valence-corrected chi connectivity index (χ0v) is 19.1. The summed E-state index contributed by atoms with van der Waals surface area (Å²) in [5.41, 5.74) is -2.86. The number of allylic oxidation sites excluding steroid dienone is 3. The third-order valence-corrected chi connectivity index (χ3v) is 6.25. The van der Waals surface area contributed by atoms with Gasteiger partial charge >= 0.3 is 6.18 Å². The highest BCUT2D eigenvalue weighted by molar-refractivity contribution is 7.80. The molecule has 11 heteroatoms. The van der Waals surface area contributed by atoms with Gasteiger partial charge in [0.1, 0.15) is 11.4 Å². The number of halogens is 4. The van der Waals surface area contributed by atoms with Crippen LogP contribution in [0.4, 0.5) is 23.2 Å². The second-order valence-electron chi connectivity index (χ2n) is 7.86. The normalized spacial score (nSPS) is 18.1. The van der Waals surface area contributed by atoms with Gasteiger partial charge in [0.2, 0.25) is 0 Å². The number of nitrogens with one attached hydrogen (secondary N) is 1. The van der Waals surface area contributed by atoms with Crippen molar-refractivity contribution in [3.05, 3.63) is 65.2 Å². The van der Waals surface area contributed by atoms with Crippen molar-refractivity contribution in [2.24, 2.45) is 0 Å². The Morgan fingerprint density at radius 2 is 1.97 bits per heavy atom. The van der Waals surface area contributed by atoms with Gasteiger partial charge in [0.05, 0.1) is 28.5 Å². The maximum absolute atomic E-state index is 13.7. The van der Waals surface area contributed by atoms with E-state index in [1.807, 2.05) is 0 Å². The van der Waals surface area contributed by atoms with Crippen molar-refractivity contribution in [3.8, 4) is 6.07 Å². The minimum atomic E-state index is -4.80. The van der Waals surface area contributed by atoms with Gasteiger partial charge in [0, 0.05) is 12.7 Å². The Hall–Kier alpha value is -3.52. The Morgan fingerprint density at radius 3 is 2.44 bits per heavy atom. The highest BCUT2D eigenvalue weighted by Gasteiger charge is 2.59. The Bertz CT molecular complexity index is 1190. The van der Waals surface area contributed by atoms with Gasteiger partial charge in [0.15, 0.2) is 5.11 Å². The molecule has 0 radical (unpaired) electrons. The molecule has 0 atom stereocenters. The predicted octanol–water partition coefficient (Wildman–Crippen LogP) is 4.49. The molecule has 0 bridgehead atoms. The quantitative estimate of drug-likeness (QED) is 0.284. The number of alkyl halides is 3. The zero-order chi connectivity index (χ0) is 25.4. The summed E-state index contributed by atoms with van der Waals surface area (Å²) in [5.74, 6) is -2.14. The van der Waals surface area contributed by atoms with Gasteiger partial charge in [-0.1, -0.05) is 6.58 Å². The first-order chi connectivity index (χ1) is 15.9. The number of carbonyl (C=O) groups excluding carboxylic acids is 2. The molecule has 0 unspecified atom stereocenters. The predicted molar refractivity (Wildman–Crippen MR) is 121 cm³/mol. The summed E-state index contributed by atoms with van der Waals surface area (Å²) >= 11 is 5.50. The first-order valence-corrected chi connectivity index (χ1v) is 10.6. The van der Waals surface area contributed by atoms with Crippen LogP contribution in [0.3, 0.4) is 0 Å². The van der Waals surface area contributed by atoms with Gasteiger partial charge < -0.3 is 10.2 Å². The molecule has 178 valence electrons. The Kier molecular flexibility index (Phi) is 6.66. The van der Waals surface area contributed by atoms with Crippen LogP contribution >= 0.6 is 12.2 Å². The third kappa shape index (κ3) is 4.09. The molecular weight excluding hydrogens is 472 g/mol. The minimum absolute atomic E-state index is 0.0507. The highest BCUT2D eigenvalue weighted by Crippen LogP contribution is 2.48. The molecule has 2 aliphatic rings. The maximum atomic E-state index is 13.7. The summed E-state index contributed by atoms with van der Waals surface area (Å²) in [4.78, 5) is 27.8. The molecule has 1 spiro atoms. The molecule has 1 aromatic carbocycles. The summed E-state index contributed by atoms with van der Waals surface area (Å²) in [5, 5.41) is 11.3. The van der Waals surface area contributed by atoms with Crippen LogP contribution in [0.1, 0.15) is 37.3 Å². The van der Waals surface area contributed by atoms with Crippen LogP contribution in [0, 0.1) is 11.3 Å². The number of benzene rings is 1. The van der Waals surface area contributed by atoms with Crippen molar-refractivity contribution in [2.45, 2.75) is 37.9 Å². The van der Waals surface area contributed by atoms with E-state index in [9.17, 15) is 27.2 Å². The minimum Gasteiger partial charge on any atom is -0.355 e. The average molecular weight is 492 g/mol. The number of hydrogen-bond donors (Lipinski definition) is 1. The van der Waals surface area contributed by atoms with Crippen molar-refractivity contribution < 1.29 is 27.2 Å². The van der Waals surface area contributed by atoms with Crippen LogP contribution in [-0.2, 0) is 15.8 Å². The lowest BCUT2D eigenvalue weighted by molar-refractivity contribution is -0.137. The number of thiocarbonyl (C=S) groups is 1. The average Bonchev–Trinajstić information content (AvgIpc) is 2.99. The van der Waals surface area contributed by atoms with E-state index in [4.69, 9.17) is 17.5 Å². The van der Waals surface area contributed by atoms with Gasteiger partial charge in [-0.05, 0) is 68.8 Å². The molecule has 6 nitrogen and oxygen atoms in total. The van der Waals surface area contributed by atoms with Gasteiger partial charge in [-0.15, -0.1) is 0 Å². The summed E-state index contributed by atoms with van der Waals surface area (Å²) < 4.78 is 54.2. The van der Waals surface area contributed by atoms with Crippen LogP contribution in [0.5, 0.6) is 0 Å². The number of likely N-dealkylation sites (N-methyl/N-ethyl adjacent to an activating group) is 1. The van der Waals surface area contributed by atoms with E-state index in [0.717, 1.165) is 17.0 Å². The first kappa shape index (κ1) is 25.1. The molecule has 1 aliphatic heterocycles. The SMILES string of the molecule is C=C(F)/C(=C\C=C(/C)N1C(=S)N(c2ccc(C#N)c(C(F)(F)F)c2)C(=O)C12CCC2)C(=O)NC. The van der Waals surface area contributed by atoms with E-state index in [2.05, 4.69) is 11.9 Å². The Morgan fingerprint density at radius 1 is 1.32 bits per heavy atom. The smallest absolute Gasteiger partial charge is 0.355 e. The Balaban J connectivity index is 2.07. The number of nitrogens with zero attached hydrogens (tertiary/aromatic N) is 3. The maximum Gasteiger partial charge on any atom is 0.417 e. The number of carbonyl (C=O) groups is 2. The number of anilines is 1. The Labute approximate surface area is 198 Å². The van der Waals surface area contributed by atoms with E-state index < -0.39 is 40.5 Å². The van der Waals surface area contributed by atoms with E-state index in [1.165, 1.54) is 36.2 Å². The van der Waals surface area contributed by atoms with Crippen LogP contribution in [0.25, 0.3) is 0 Å². The van der Waals surface area contributed by atoms with Crippen molar-refractivity contribution in [1.29, 1.82) is 5.26 Å². The molecule has 1 saturated heterocycles. The fraction of sp³-hybridized carbons (Fsp3) is 0.304. The molecule has 2 amide bonds. The molecule has 1 N–H and O–H groups in total. The molecule has 3 rings (SSSR count). The monoisotopic (exact) mass is 492 g/mol. The highest BCUT2D eigenvalue weighted by atomic mass is 32.1. The second-order valence-corrected chi connectivity index (χ2v) is 8.22. The van der Waals surface area contributed by atoms with Gasteiger partial charge in [-0.25, -0.2) is 4.39 Å². The fourth-order valence-electron chi connectivity index (χ4n) is 4.04. The molecule has 0 aromatic heterocycles. The van der Waals surface area contributed by atoms with E-state index in [1.54, 1.807) is 6.92 Å². The number of hydrogen-bond acceptors (Lipinski definition) is 4. The molecule has 34 heavy (non-hydrogen) atoms. The number of amides is 2. The third-order valence-electron chi connectivity index (χ3n) is 5.89. The van der Waals surface area contributed by atoms with E-state index >= 15 is 0 Å². The largest absolute Gasteiger partial charge is 0.417 e. The standard InChI is InChI=1S/C23H20F4N4O2S/c1-13(5-8-17(14(2)24)19(32)29-3)31-21(34)30(20(33)22(31)9-4-10-22)16-7-6-15(12-28)18(11-16)23(25,26)27/h5-8,11H,2,4,9-10H2,1,3H3,(H,29,32)/b13-5+,17-8+. The topological polar surface area (TPSA) is 76.4 Å². The van der Waals surface area contributed by atoms with E-state index in [0.29, 0.717) is 25.0 Å². The lowest BCUT2D eigenvalue weighted by Crippen LogP contribution is -2.54. The molecule has 1 heterocycles. The summed E-state index contributed by atoms with van der Waals surface area (Å²) in [7, 11) is 1.33. The van der Waals surface area contributed by atoms with Crippen LogP contribution < -0.4 is 10.2 Å². The fourth-order valence-corrected chi connectivity index (χ4v) is 4.55. The zero-order valence-electron chi connectivity index (χ0n) is 18.3. The first-order valence-electron chi connectivity index (χ1n) is 10.1. The summed E-state index contributed by atoms with van der Waals surface area (Å²) in [6, 6.07) is 4.47. The van der Waals surface area contributed by atoms with Gasteiger partial charge in [-0.2, -0.15) is 18.4 Å². The summed E-state index contributed by atoms with van der Waals surface area (Å²) in [6.07, 6.45) is -0.672. The number of nitriles is 1. The molecule has 1 saturated carbocycles. The van der Waals surface area contributed by atoms with Crippen LogP contribution in [-0.4, -0.2) is 34.4 Å². The summed E-state index contributed by atoms with van der Waals surface area (Å²) in [6.45, 7) is 4.73. The molecule has 1 aromatic rings. The van der Waals surface area contributed by atoms with E-state index in [-0.39, 0.29) is 16.4 Å². The molecular formula is C23H20F4N4O2S. The van der Waals surface area contributed by atoms with Crippen molar-refractivity contribution in [2.75, 3.05) is 11.9 Å². The second kappa shape index (κ2) is 9.02. The van der Waals surface area contributed by atoms with Gasteiger partial charge in [0.25, 0.3) is 11.8 Å². The lowest BCUT2D eigenvalue weighted by atomic mass is 9.75. The van der Waals surface area contributed by atoms with Crippen molar-refractivity contribution in [1.82, 2.24) is 10.2 Å². The molecule has 1 aliphatic carbocycles.